The molecule has 2 heterocycles. The summed E-state index contributed by atoms with van der Waals surface area (Å²) >= 11 is 0. The first kappa shape index (κ1) is 15.5. The summed E-state index contributed by atoms with van der Waals surface area (Å²) in [5, 5.41) is 13.5. The molecule has 0 amide bonds. The van der Waals surface area contributed by atoms with Crippen molar-refractivity contribution in [1.82, 2.24) is 14.7 Å². The largest absolute Gasteiger partial charge is 0.497 e. The lowest BCUT2D eigenvalue weighted by Crippen LogP contribution is -2.50. The van der Waals surface area contributed by atoms with E-state index in [4.69, 9.17) is 10.5 Å². The zero-order valence-corrected chi connectivity index (χ0v) is 13.0. The minimum atomic E-state index is -1.16. The molecule has 0 bridgehead atoms. The Morgan fingerprint density at radius 2 is 2.35 bits per heavy atom. The molecule has 1 aliphatic rings. The van der Waals surface area contributed by atoms with Crippen molar-refractivity contribution in [3.8, 4) is 11.4 Å². The first-order valence-electron chi connectivity index (χ1n) is 7.43. The number of likely N-dealkylation sites (tertiary alicyclic amines) is 1. The van der Waals surface area contributed by atoms with Gasteiger partial charge in [-0.3, -0.25) is 9.69 Å². The number of methoxy groups -OCH3 is 1. The number of hydrogen-bond donors (Lipinski definition) is 2. The maximum Gasteiger partial charge on any atom is 0.325 e. The summed E-state index contributed by atoms with van der Waals surface area (Å²) < 4.78 is 7.09. The molecule has 1 aliphatic heterocycles. The highest BCUT2D eigenvalue weighted by Crippen LogP contribution is 2.26. The molecule has 23 heavy (non-hydrogen) atoms. The molecule has 7 heteroatoms. The molecule has 3 N–H and O–H groups in total. The molecule has 0 radical (unpaired) electrons. The van der Waals surface area contributed by atoms with Crippen LogP contribution in [0, 0.1) is 0 Å². The van der Waals surface area contributed by atoms with Gasteiger partial charge in [-0.1, -0.05) is 0 Å². The second-order valence-electron chi connectivity index (χ2n) is 5.87. The number of benzene rings is 1. The highest BCUT2D eigenvalue weighted by molar-refractivity contribution is 5.79. The van der Waals surface area contributed by atoms with Crippen molar-refractivity contribution >= 4 is 5.97 Å². The van der Waals surface area contributed by atoms with Crippen LogP contribution in [0.3, 0.4) is 0 Å². The number of carboxylic acid groups (broad SMARTS) is 1. The second-order valence-corrected chi connectivity index (χ2v) is 5.87. The van der Waals surface area contributed by atoms with Crippen LogP contribution in [0.25, 0.3) is 5.69 Å². The van der Waals surface area contributed by atoms with E-state index in [-0.39, 0.29) is 0 Å². The predicted molar refractivity (Wildman–Crippen MR) is 84.6 cm³/mol. The average Bonchev–Trinajstić information content (AvgIpc) is 3.18. The third-order valence-electron chi connectivity index (χ3n) is 4.24. The third kappa shape index (κ3) is 3.06. The number of rotatable bonds is 5. The summed E-state index contributed by atoms with van der Waals surface area (Å²) in [5.74, 6) is -0.190. The Morgan fingerprint density at radius 3 is 2.96 bits per heavy atom. The lowest BCUT2D eigenvalue weighted by molar-refractivity contribution is -0.142. The van der Waals surface area contributed by atoms with Gasteiger partial charge in [0.1, 0.15) is 11.3 Å². The van der Waals surface area contributed by atoms with E-state index in [0.717, 1.165) is 17.0 Å². The van der Waals surface area contributed by atoms with E-state index in [2.05, 4.69) is 10.00 Å². The molecule has 1 aromatic carbocycles. The van der Waals surface area contributed by atoms with E-state index in [1.54, 1.807) is 18.0 Å². The molecule has 0 saturated carbocycles. The van der Waals surface area contributed by atoms with Crippen molar-refractivity contribution in [3.05, 3.63) is 42.2 Å². The van der Waals surface area contributed by atoms with Gasteiger partial charge in [-0.15, -0.1) is 0 Å². The Bertz CT molecular complexity index is 701. The fourth-order valence-electron chi connectivity index (χ4n) is 2.92. The maximum absolute atomic E-state index is 11.3. The minimum absolute atomic E-state index is 0.331. The quantitative estimate of drug-likeness (QED) is 0.850. The van der Waals surface area contributed by atoms with Gasteiger partial charge in [0.05, 0.1) is 12.8 Å². The van der Waals surface area contributed by atoms with Gasteiger partial charge in [0.2, 0.25) is 0 Å². The first-order chi connectivity index (χ1) is 11.0. The molecule has 1 fully saturated rings. The van der Waals surface area contributed by atoms with Gasteiger partial charge in [-0.25, -0.2) is 4.68 Å². The number of aromatic nitrogens is 2. The highest BCUT2D eigenvalue weighted by Gasteiger charge is 2.41. The average molecular weight is 316 g/mol. The molecule has 0 spiro atoms. The summed E-state index contributed by atoms with van der Waals surface area (Å²) in [6.45, 7) is 1.58. The van der Waals surface area contributed by atoms with Crippen LogP contribution in [-0.2, 0) is 11.3 Å². The Hall–Kier alpha value is -2.38. The lowest BCUT2D eigenvalue weighted by Gasteiger charge is -2.21. The Morgan fingerprint density at radius 1 is 1.52 bits per heavy atom. The van der Waals surface area contributed by atoms with E-state index >= 15 is 0 Å². The lowest BCUT2D eigenvalue weighted by atomic mass is 10.0. The zero-order chi connectivity index (χ0) is 16.4. The van der Waals surface area contributed by atoms with Crippen molar-refractivity contribution in [2.45, 2.75) is 18.5 Å². The molecule has 7 nitrogen and oxygen atoms in total. The number of nitrogens with zero attached hydrogens (tertiary/aromatic N) is 3. The van der Waals surface area contributed by atoms with Crippen LogP contribution < -0.4 is 10.5 Å². The smallest absolute Gasteiger partial charge is 0.325 e. The Labute approximate surface area is 134 Å². The van der Waals surface area contributed by atoms with Crippen LogP contribution in [0.5, 0.6) is 5.75 Å². The number of hydrogen-bond acceptors (Lipinski definition) is 5. The van der Waals surface area contributed by atoms with Gasteiger partial charge in [0.25, 0.3) is 0 Å². The highest BCUT2D eigenvalue weighted by atomic mass is 16.5. The zero-order valence-electron chi connectivity index (χ0n) is 13.0. The van der Waals surface area contributed by atoms with Gasteiger partial charge < -0.3 is 15.6 Å². The second kappa shape index (κ2) is 6.02. The van der Waals surface area contributed by atoms with Gasteiger partial charge in [0, 0.05) is 32.0 Å². The molecule has 1 unspecified atom stereocenters. The maximum atomic E-state index is 11.3. The number of carboxylic acids is 1. The van der Waals surface area contributed by atoms with Crippen molar-refractivity contribution in [2.24, 2.45) is 5.73 Å². The summed E-state index contributed by atoms with van der Waals surface area (Å²) in [5.41, 5.74) is 6.75. The van der Waals surface area contributed by atoms with E-state index in [0.29, 0.717) is 26.1 Å². The number of carbonyl (C=O) groups is 1. The van der Waals surface area contributed by atoms with Crippen LogP contribution in [0.1, 0.15) is 12.0 Å². The van der Waals surface area contributed by atoms with Crippen molar-refractivity contribution in [3.63, 3.8) is 0 Å². The molecule has 2 aromatic rings. The van der Waals surface area contributed by atoms with Crippen molar-refractivity contribution in [1.29, 1.82) is 0 Å². The molecule has 0 aliphatic carbocycles. The number of aliphatic carboxylic acids is 1. The Balaban J connectivity index is 1.86. The van der Waals surface area contributed by atoms with Crippen molar-refractivity contribution < 1.29 is 14.6 Å². The van der Waals surface area contributed by atoms with Crippen molar-refractivity contribution in [2.75, 3.05) is 20.2 Å². The topological polar surface area (TPSA) is 93.6 Å². The van der Waals surface area contributed by atoms with E-state index in [1.807, 2.05) is 30.5 Å². The van der Waals surface area contributed by atoms with E-state index in [9.17, 15) is 9.90 Å². The molecule has 122 valence electrons. The van der Waals surface area contributed by atoms with Crippen LogP contribution >= 0.6 is 0 Å². The first-order valence-corrected chi connectivity index (χ1v) is 7.43. The monoisotopic (exact) mass is 316 g/mol. The summed E-state index contributed by atoms with van der Waals surface area (Å²) in [6, 6.07) is 7.65. The van der Waals surface area contributed by atoms with Gasteiger partial charge >= 0.3 is 5.97 Å². The summed E-state index contributed by atoms with van der Waals surface area (Å²) in [4.78, 5) is 13.3. The van der Waals surface area contributed by atoms with Gasteiger partial charge in [-0.2, -0.15) is 5.10 Å². The Kier molecular flexibility index (Phi) is 4.06. The van der Waals surface area contributed by atoms with E-state index in [1.165, 1.54) is 0 Å². The van der Waals surface area contributed by atoms with Crippen LogP contribution in [0.15, 0.2) is 36.7 Å². The summed E-state index contributed by atoms with van der Waals surface area (Å²) in [7, 11) is 1.62. The van der Waals surface area contributed by atoms with Crippen LogP contribution in [-0.4, -0.2) is 51.5 Å². The molecular formula is C16H20N4O3. The van der Waals surface area contributed by atoms with Crippen LogP contribution in [0.4, 0.5) is 0 Å². The van der Waals surface area contributed by atoms with Gasteiger partial charge in [-0.05, 0) is 36.2 Å². The molecule has 3 rings (SSSR count). The SMILES string of the molecule is COc1ccc(-n2cccn2)c(CN2CCC(N)(C(=O)O)C2)c1. The molecule has 1 atom stereocenters. The molecular weight excluding hydrogens is 296 g/mol. The fraction of sp³-hybridized carbons (Fsp3) is 0.375. The number of nitrogens with two attached hydrogens (primary N) is 1. The molecule has 1 saturated heterocycles. The van der Waals surface area contributed by atoms with Crippen LogP contribution in [0.2, 0.25) is 0 Å². The molecule has 1 aromatic heterocycles. The minimum Gasteiger partial charge on any atom is -0.497 e. The standard InChI is InChI=1S/C16H20N4O3/c1-23-13-3-4-14(20-7-2-6-18-20)12(9-13)10-19-8-5-16(17,11-19)15(21)22/h2-4,6-7,9H,5,8,10-11,17H2,1H3,(H,21,22). The third-order valence-corrected chi connectivity index (χ3v) is 4.24. The predicted octanol–water partition coefficient (Wildman–Crippen LogP) is 0.869. The van der Waals surface area contributed by atoms with E-state index < -0.39 is 11.5 Å². The summed E-state index contributed by atoms with van der Waals surface area (Å²) in [6.07, 6.45) is 4.04. The normalized spacial score (nSPS) is 21.5. The van der Waals surface area contributed by atoms with Gasteiger partial charge in [0.15, 0.2) is 0 Å². The fourth-order valence-corrected chi connectivity index (χ4v) is 2.92. The number of ether oxygens (including phenoxy) is 1.